The first kappa shape index (κ1) is 49.8. The summed E-state index contributed by atoms with van der Waals surface area (Å²) in [7, 11) is 4.68. The summed E-state index contributed by atoms with van der Waals surface area (Å²) < 4.78 is 69.9. The topological polar surface area (TPSA) is 179 Å². The molecule has 3 N–H and O–H groups in total. The Kier molecular flexibility index (Phi) is 16.1. The molecule has 362 valence electrons. The van der Waals surface area contributed by atoms with Gasteiger partial charge in [0.15, 0.2) is 24.7 Å². The zero-order valence-electron chi connectivity index (χ0n) is 39.8. The van der Waals surface area contributed by atoms with Gasteiger partial charge in [-0.25, -0.2) is 0 Å². The minimum Gasteiger partial charge on any atom is -0.462 e. The lowest BCUT2D eigenvalue weighted by Crippen LogP contribution is -2.58. The van der Waals surface area contributed by atoms with E-state index < -0.39 is 103 Å². The van der Waals surface area contributed by atoms with Crippen molar-refractivity contribution in [1.82, 2.24) is 0 Å². The molecule has 0 radical (unpaired) electrons. The number of esters is 1. The lowest BCUT2D eigenvalue weighted by Gasteiger charge is -2.51. The summed E-state index contributed by atoms with van der Waals surface area (Å²) in [6, 6.07) is 0. The molecule has 0 amide bonds. The highest BCUT2D eigenvalue weighted by Gasteiger charge is 2.63. The summed E-state index contributed by atoms with van der Waals surface area (Å²) in [5, 5.41) is 34.6. The van der Waals surface area contributed by atoms with E-state index in [0.717, 1.165) is 18.4 Å². The molecule has 0 aromatic carbocycles. The van der Waals surface area contributed by atoms with E-state index in [2.05, 4.69) is 33.8 Å². The van der Waals surface area contributed by atoms with Gasteiger partial charge in [0.25, 0.3) is 0 Å². The Balaban J connectivity index is 1.20. The average molecular weight is 905 g/mol. The quantitative estimate of drug-likeness (QED) is 0.193. The highest BCUT2D eigenvalue weighted by molar-refractivity contribution is 5.78. The SMILES string of the molecule is CC[C@@H](C)[C@H]1O[C@]2(CC[C@@H]1C)C[C@@H]1C[C@@H](C/C=C(/C)[C@@H](O[C@H]3C[C@H](OC)[C@@H](O[C@H]4C[C@H](OC)[C@@H](O)[C@H](C)O4)[C@H](C)O3)[C@@H](C)/C=C\C=C3C(OC)O[C@@H]4[C@H](O)C(C)=C[C@@H](C(=O)O1)[C@]34O)O2. The highest BCUT2D eigenvalue weighted by Crippen LogP contribution is 2.50. The molecule has 5 saturated heterocycles. The molecule has 1 unspecified atom stereocenters. The van der Waals surface area contributed by atoms with Crippen molar-refractivity contribution in [3.63, 3.8) is 0 Å². The fraction of sp³-hybridized carbons (Fsp3) is 0.816. The second kappa shape index (κ2) is 20.6. The number of aliphatic hydroxyl groups excluding tert-OH is 2. The van der Waals surface area contributed by atoms with E-state index in [1.54, 1.807) is 40.2 Å². The number of rotatable bonds is 9. The van der Waals surface area contributed by atoms with E-state index in [1.165, 1.54) is 7.11 Å². The monoisotopic (exact) mass is 905 g/mol. The van der Waals surface area contributed by atoms with Gasteiger partial charge in [-0.3, -0.25) is 4.79 Å². The van der Waals surface area contributed by atoms with Crippen LogP contribution in [0.5, 0.6) is 0 Å². The summed E-state index contributed by atoms with van der Waals surface area (Å²) in [5.41, 5.74) is -0.221. The molecule has 6 heterocycles. The van der Waals surface area contributed by atoms with Crippen molar-refractivity contribution in [2.24, 2.45) is 23.7 Å². The number of carbonyl (C=O) groups excluding carboxylic acids is 1. The molecule has 64 heavy (non-hydrogen) atoms. The van der Waals surface area contributed by atoms with Gasteiger partial charge in [-0.1, -0.05) is 64.5 Å². The second-order valence-corrected chi connectivity index (χ2v) is 19.7. The first-order valence-electron chi connectivity index (χ1n) is 23.7. The maximum absolute atomic E-state index is 14.5. The number of allylic oxidation sites excluding steroid dienone is 2. The molecule has 6 aliphatic heterocycles. The molecule has 0 aromatic rings. The summed E-state index contributed by atoms with van der Waals surface area (Å²) in [6.07, 6.45) is 4.67. The van der Waals surface area contributed by atoms with E-state index in [1.807, 2.05) is 26.0 Å². The number of carbonyl (C=O) groups is 1. The van der Waals surface area contributed by atoms with E-state index >= 15 is 0 Å². The summed E-state index contributed by atoms with van der Waals surface area (Å²) in [5.74, 6) is -2.35. The van der Waals surface area contributed by atoms with Crippen LogP contribution in [-0.4, -0.2) is 146 Å². The van der Waals surface area contributed by atoms with Gasteiger partial charge in [-0.15, -0.1) is 0 Å². The molecule has 7 aliphatic rings. The third-order valence-corrected chi connectivity index (χ3v) is 15.2. The minimum absolute atomic E-state index is 0.0247. The van der Waals surface area contributed by atoms with Crippen LogP contribution in [0.4, 0.5) is 0 Å². The van der Waals surface area contributed by atoms with Gasteiger partial charge in [0.1, 0.15) is 42.0 Å². The molecule has 1 aliphatic carbocycles. The number of hydrogen-bond donors (Lipinski definition) is 3. The molecule has 15 nitrogen and oxygen atoms in total. The van der Waals surface area contributed by atoms with E-state index in [9.17, 15) is 20.1 Å². The van der Waals surface area contributed by atoms with E-state index in [0.29, 0.717) is 61.5 Å². The number of aliphatic hydroxyl groups is 3. The molecule has 2 bridgehead atoms. The van der Waals surface area contributed by atoms with Crippen molar-refractivity contribution in [3.8, 4) is 0 Å². The van der Waals surface area contributed by atoms with Gasteiger partial charge < -0.3 is 67.4 Å². The Morgan fingerprint density at radius 2 is 1.58 bits per heavy atom. The number of methoxy groups -OCH3 is 3. The maximum Gasteiger partial charge on any atom is 0.316 e. The molecular weight excluding hydrogens is 829 g/mol. The molecule has 5 fully saturated rings. The van der Waals surface area contributed by atoms with Crippen molar-refractivity contribution in [3.05, 3.63) is 47.1 Å². The lowest BCUT2D eigenvalue weighted by molar-refractivity contribution is -0.340. The number of ether oxygens (including phenoxy) is 11. The van der Waals surface area contributed by atoms with Crippen LogP contribution in [0.25, 0.3) is 0 Å². The van der Waals surface area contributed by atoms with Crippen molar-refractivity contribution in [1.29, 1.82) is 0 Å². The van der Waals surface area contributed by atoms with Crippen LogP contribution in [0.3, 0.4) is 0 Å². The lowest BCUT2D eigenvalue weighted by atomic mass is 9.70. The van der Waals surface area contributed by atoms with Crippen LogP contribution in [0.2, 0.25) is 0 Å². The summed E-state index contributed by atoms with van der Waals surface area (Å²) >= 11 is 0. The first-order chi connectivity index (χ1) is 30.4. The van der Waals surface area contributed by atoms with Crippen LogP contribution >= 0.6 is 0 Å². The van der Waals surface area contributed by atoms with Crippen molar-refractivity contribution < 1.29 is 72.2 Å². The van der Waals surface area contributed by atoms with Crippen molar-refractivity contribution in [2.75, 3.05) is 21.3 Å². The summed E-state index contributed by atoms with van der Waals surface area (Å²) in [4.78, 5) is 14.5. The molecule has 0 aromatic heterocycles. The molecular formula is C49H76O15. The molecule has 21 atom stereocenters. The van der Waals surface area contributed by atoms with Gasteiger partial charge in [0.2, 0.25) is 0 Å². The van der Waals surface area contributed by atoms with Crippen LogP contribution < -0.4 is 0 Å². The number of fused-ring (bicyclic) bond motifs is 2. The third-order valence-electron chi connectivity index (χ3n) is 15.2. The predicted octanol–water partition coefficient (Wildman–Crippen LogP) is 5.57. The van der Waals surface area contributed by atoms with Gasteiger partial charge in [-0.05, 0) is 63.5 Å². The Morgan fingerprint density at radius 3 is 2.28 bits per heavy atom. The third kappa shape index (κ3) is 10.0. The first-order valence-corrected chi connectivity index (χ1v) is 23.7. The van der Waals surface area contributed by atoms with Crippen LogP contribution in [-0.2, 0) is 56.9 Å². The standard InChI is InChI=1S/C49H76O15/c1-12-25(2)43-28(5)18-19-48(64-43)24-33-21-32(63-48)17-16-27(4)42(60-39-23-37(55-10)44(31(8)58-39)61-38-22-36(54-9)41(51)30(7)57-38)26(3)14-13-15-34-47(56-11)62-45-40(50)29(6)20-35(46(52)59-33)49(34,45)53/h13-16,20,25-26,28,30-33,35-45,47,50-51,53H,12,17-19,21-24H2,1-11H3/b14-13-,27-16-,34-15?/t25-,26+,28+,30+,31+,32-,33+,35+,36+,37+,38+,39+,40-,41+,42+,43-,44+,45-,47?,48-,49-/m1/s1. The molecule has 1 spiro atoms. The maximum atomic E-state index is 14.5. The van der Waals surface area contributed by atoms with Crippen LogP contribution in [0, 0.1) is 23.7 Å². The Labute approximate surface area is 379 Å². The van der Waals surface area contributed by atoms with Gasteiger partial charge >= 0.3 is 5.97 Å². The van der Waals surface area contributed by atoms with Crippen molar-refractivity contribution >= 4 is 5.97 Å². The van der Waals surface area contributed by atoms with Crippen molar-refractivity contribution in [2.45, 2.75) is 210 Å². The fourth-order valence-corrected chi connectivity index (χ4v) is 11.2. The minimum atomic E-state index is -1.97. The van der Waals surface area contributed by atoms with Crippen LogP contribution in [0.15, 0.2) is 47.1 Å². The average Bonchev–Trinajstić information content (AvgIpc) is 3.56. The largest absolute Gasteiger partial charge is 0.462 e. The zero-order valence-corrected chi connectivity index (χ0v) is 39.8. The van der Waals surface area contributed by atoms with Crippen LogP contribution in [0.1, 0.15) is 107 Å². The fourth-order valence-electron chi connectivity index (χ4n) is 11.2. The Hall–Kier alpha value is -2.09. The Morgan fingerprint density at radius 1 is 0.875 bits per heavy atom. The Bertz CT molecular complexity index is 1730. The predicted molar refractivity (Wildman–Crippen MR) is 233 cm³/mol. The smallest absolute Gasteiger partial charge is 0.316 e. The summed E-state index contributed by atoms with van der Waals surface area (Å²) in [6.45, 7) is 16.2. The van der Waals surface area contributed by atoms with E-state index in [4.69, 9.17) is 52.1 Å². The van der Waals surface area contributed by atoms with Gasteiger partial charge in [-0.2, -0.15) is 0 Å². The molecule has 0 saturated carbocycles. The molecule has 15 heteroatoms. The second-order valence-electron chi connectivity index (χ2n) is 19.7. The van der Waals surface area contributed by atoms with E-state index in [-0.39, 0.29) is 18.1 Å². The highest BCUT2D eigenvalue weighted by atomic mass is 16.7. The normalized spacial score (nSPS) is 48.6. The van der Waals surface area contributed by atoms with Gasteiger partial charge in [0, 0.05) is 64.9 Å². The zero-order chi connectivity index (χ0) is 46.2. The number of hydrogen-bond acceptors (Lipinski definition) is 15. The molecule has 7 rings (SSSR count). The van der Waals surface area contributed by atoms with Gasteiger partial charge in [0.05, 0.1) is 42.7 Å².